The fourth-order valence-electron chi connectivity index (χ4n) is 2.78. The zero-order valence-corrected chi connectivity index (χ0v) is 16.3. The lowest BCUT2D eigenvalue weighted by Crippen LogP contribution is -2.06. The molecule has 0 radical (unpaired) electrons. The maximum absolute atomic E-state index is 11.3. The van der Waals surface area contributed by atoms with E-state index >= 15 is 0 Å². The van der Waals surface area contributed by atoms with E-state index in [4.69, 9.17) is 4.74 Å². The summed E-state index contributed by atoms with van der Waals surface area (Å²) in [6, 6.07) is 15.2. The highest BCUT2D eigenvalue weighted by molar-refractivity contribution is 5.89. The van der Waals surface area contributed by atoms with Crippen LogP contribution in [0.3, 0.4) is 0 Å². The summed E-state index contributed by atoms with van der Waals surface area (Å²) in [5.74, 6) is 2.53. The first-order chi connectivity index (χ1) is 13.4. The minimum absolute atomic E-state index is 0.117. The number of anilines is 5. The summed E-state index contributed by atoms with van der Waals surface area (Å²) >= 11 is 0. The topological polar surface area (TPSA) is 88.2 Å². The third-order valence-electron chi connectivity index (χ3n) is 3.91. The van der Waals surface area contributed by atoms with E-state index < -0.39 is 0 Å². The molecule has 1 aromatic heterocycles. The molecular formula is C21H23N5O2. The Morgan fingerprint density at radius 3 is 2.36 bits per heavy atom. The molecule has 0 fully saturated rings. The van der Waals surface area contributed by atoms with E-state index in [0.29, 0.717) is 23.1 Å². The molecule has 0 saturated heterocycles. The minimum atomic E-state index is -0.117. The Morgan fingerprint density at radius 2 is 1.64 bits per heavy atom. The number of ether oxygens (including phenoxy) is 1. The van der Waals surface area contributed by atoms with Crippen LogP contribution < -0.4 is 20.7 Å². The molecule has 144 valence electrons. The maximum atomic E-state index is 11.3. The molecule has 7 nitrogen and oxygen atoms in total. The van der Waals surface area contributed by atoms with E-state index in [9.17, 15) is 4.79 Å². The number of nitrogens with zero attached hydrogens (tertiary/aromatic N) is 2. The molecule has 0 aliphatic rings. The van der Waals surface area contributed by atoms with Crippen molar-refractivity contribution in [3.05, 3.63) is 59.9 Å². The average molecular weight is 377 g/mol. The monoisotopic (exact) mass is 377 g/mol. The molecular weight excluding hydrogens is 354 g/mol. The molecule has 0 atom stereocenters. The van der Waals surface area contributed by atoms with Crippen LogP contribution in [0.5, 0.6) is 5.75 Å². The number of hydrogen-bond acceptors (Lipinski definition) is 6. The number of benzene rings is 2. The van der Waals surface area contributed by atoms with Crippen molar-refractivity contribution in [3.63, 3.8) is 0 Å². The molecule has 7 heteroatoms. The van der Waals surface area contributed by atoms with Gasteiger partial charge in [-0.2, -0.15) is 0 Å². The number of carbonyl (C=O) groups excluding carboxylic acids is 1. The van der Waals surface area contributed by atoms with Crippen molar-refractivity contribution in [2.24, 2.45) is 0 Å². The Balaban J connectivity index is 1.84. The Labute approximate surface area is 164 Å². The molecule has 0 bridgehead atoms. The van der Waals surface area contributed by atoms with Crippen LogP contribution in [0, 0.1) is 13.8 Å². The van der Waals surface area contributed by atoms with Crippen molar-refractivity contribution in [2.75, 3.05) is 23.1 Å². The SMILES string of the molecule is COc1ccc(C)cc1Nc1cc(Nc2cccc(NC(C)=O)c2)nc(C)n1. The van der Waals surface area contributed by atoms with E-state index in [1.165, 1.54) is 6.92 Å². The number of carbonyl (C=O) groups is 1. The van der Waals surface area contributed by atoms with Crippen LogP contribution in [0.15, 0.2) is 48.5 Å². The van der Waals surface area contributed by atoms with Gasteiger partial charge in [0.1, 0.15) is 23.2 Å². The summed E-state index contributed by atoms with van der Waals surface area (Å²) in [6.45, 7) is 5.33. The first kappa shape index (κ1) is 19.2. The molecule has 3 aromatic rings. The maximum Gasteiger partial charge on any atom is 0.221 e. The lowest BCUT2D eigenvalue weighted by Gasteiger charge is -2.13. The Kier molecular flexibility index (Phi) is 5.74. The van der Waals surface area contributed by atoms with Gasteiger partial charge in [0.15, 0.2) is 0 Å². The molecule has 3 N–H and O–H groups in total. The third-order valence-corrected chi connectivity index (χ3v) is 3.91. The van der Waals surface area contributed by atoms with Gasteiger partial charge in [-0.1, -0.05) is 12.1 Å². The van der Waals surface area contributed by atoms with E-state index in [0.717, 1.165) is 22.7 Å². The summed E-state index contributed by atoms with van der Waals surface area (Å²) in [4.78, 5) is 20.1. The van der Waals surface area contributed by atoms with Crippen LogP contribution in [0.25, 0.3) is 0 Å². The van der Waals surface area contributed by atoms with Gasteiger partial charge in [0.25, 0.3) is 0 Å². The fraction of sp³-hybridized carbons (Fsp3) is 0.190. The first-order valence-corrected chi connectivity index (χ1v) is 8.85. The second-order valence-corrected chi connectivity index (χ2v) is 6.40. The van der Waals surface area contributed by atoms with Crippen molar-refractivity contribution in [2.45, 2.75) is 20.8 Å². The second kappa shape index (κ2) is 8.39. The normalized spacial score (nSPS) is 10.3. The largest absolute Gasteiger partial charge is 0.495 e. The van der Waals surface area contributed by atoms with Gasteiger partial charge in [0.2, 0.25) is 5.91 Å². The standard InChI is InChI=1S/C21H23N5O2/c1-13-8-9-19(28-4)18(10-13)26-21-12-20(22-14(2)23-21)25-17-7-5-6-16(11-17)24-15(3)27/h5-12H,1-4H3,(H,24,27)(H2,22,23,25,26). The number of rotatable bonds is 6. The predicted molar refractivity (Wildman–Crippen MR) is 112 cm³/mol. The summed E-state index contributed by atoms with van der Waals surface area (Å²) in [5.41, 5.74) is 3.47. The van der Waals surface area contributed by atoms with Gasteiger partial charge in [-0.3, -0.25) is 4.79 Å². The number of nitrogens with one attached hydrogen (secondary N) is 3. The zero-order chi connectivity index (χ0) is 20.1. The Morgan fingerprint density at radius 1 is 0.929 bits per heavy atom. The highest BCUT2D eigenvalue weighted by Gasteiger charge is 2.08. The highest BCUT2D eigenvalue weighted by atomic mass is 16.5. The minimum Gasteiger partial charge on any atom is -0.495 e. The predicted octanol–water partition coefficient (Wildman–Crippen LogP) is 4.55. The average Bonchev–Trinajstić information content (AvgIpc) is 2.61. The van der Waals surface area contributed by atoms with E-state index in [1.54, 1.807) is 7.11 Å². The van der Waals surface area contributed by atoms with Crippen LogP contribution in [0.1, 0.15) is 18.3 Å². The van der Waals surface area contributed by atoms with Gasteiger partial charge in [-0.05, 0) is 49.7 Å². The third kappa shape index (κ3) is 4.97. The lowest BCUT2D eigenvalue weighted by atomic mass is 10.2. The Bertz CT molecular complexity index is 1000. The summed E-state index contributed by atoms with van der Waals surface area (Å²) in [5, 5.41) is 9.31. The first-order valence-electron chi connectivity index (χ1n) is 8.85. The van der Waals surface area contributed by atoms with Crippen LogP contribution in [-0.2, 0) is 4.79 Å². The van der Waals surface area contributed by atoms with E-state index in [2.05, 4.69) is 25.9 Å². The molecule has 0 spiro atoms. The number of methoxy groups -OCH3 is 1. The zero-order valence-electron chi connectivity index (χ0n) is 16.3. The van der Waals surface area contributed by atoms with Crippen LogP contribution in [-0.4, -0.2) is 23.0 Å². The smallest absolute Gasteiger partial charge is 0.221 e. The molecule has 0 aliphatic carbocycles. The van der Waals surface area contributed by atoms with Crippen LogP contribution in [0.2, 0.25) is 0 Å². The van der Waals surface area contributed by atoms with Gasteiger partial charge >= 0.3 is 0 Å². The van der Waals surface area contributed by atoms with Gasteiger partial charge < -0.3 is 20.7 Å². The molecule has 1 heterocycles. The van der Waals surface area contributed by atoms with Crippen LogP contribution in [0.4, 0.5) is 28.7 Å². The molecule has 28 heavy (non-hydrogen) atoms. The molecule has 0 unspecified atom stereocenters. The van der Waals surface area contributed by atoms with Gasteiger partial charge in [-0.15, -0.1) is 0 Å². The number of aromatic nitrogens is 2. The van der Waals surface area contributed by atoms with Crippen molar-refractivity contribution < 1.29 is 9.53 Å². The Hall–Kier alpha value is -3.61. The van der Waals surface area contributed by atoms with Gasteiger partial charge in [0, 0.05) is 24.4 Å². The number of aryl methyl sites for hydroxylation is 2. The molecule has 0 saturated carbocycles. The number of hydrogen-bond donors (Lipinski definition) is 3. The summed E-state index contributed by atoms with van der Waals surface area (Å²) in [7, 11) is 1.64. The van der Waals surface area contributed by atoms with Crippen LogP contribution >= 0.6 is 0 Å². The highest BCUT2D eigenvalue weighted by Crippen LogP contribution is 2.29. The van der Waals surface area contributed by atoms with Crippen molar-refractivity contribution in [1.29, 1.82) is 0 Å². The summed E-state index contributed by atoms with van der Waals surface area (Å²) in [6.07, 6.45) is 0. The number of amides is 1. The fourth-order valence-corrected chi connectivity index (χ4v) is 2.78. The van der Waals surface area contributed by atoms with Gasteiger partial charge in [-0.25, -0.2) is 9.97 Å². The quantitative estimate of drug-likeness (QED) is 0.584. The van der Waals surface area contributed by atoms with Crippen molar-refractivity contribution >= 4 is 34.6 Å². The van der Waals surface area contributed by atoms with Crippen molar-refractivity contribution in [1.82, 2.24) is 9.97 Å². The molecule has 3 rings (SSSR count). The molecule has 2 aromatic carbocycles. The lowest BCUT2D eigenvalue weighted by molar-refractivity contribution is -0.114. The van der Waals surface area contributed by atoms with E-state index in [-0.39, 0.29) is 5.91 Å². The van der Waals surface area contributed by atoms with Gasteiger partial charge in [0.05, 0.1) is 12.8 Å². The van der Waals surface area contributed by atoms with E-state index in [1.807, 2.05) is 62.4 Å². The van der Waals surface area contributed by atoms with Crippen molar-refractivity contribution in [3.8, 4) is 5.75 Å². The molecule has 0 aliphatic heterocycles. The second-order valence-electron chi connectivity index (χ2n) is 6.40. The summed E-state index contributed by atoms with van der Waals surface area (Å²) < 4.78 is 5.42. The molecule has 1 amide bonds.